The van der Waals surface area contributed by atoms with Crippen molar-refractivity contribution in [1.29, 1.82) is 0 Å². The van der Waals surface area contributed by atoms with Crippen molar-refractivity contribution < 1.29 is 4.79 Å². The highest BCUT2D eigenvalue weighted by Gasteiger charge is 2.32. The standard InChI is InChI=1S/C19H22N2O.ClH/c1-19(2)11-10-17(15-8-3-4-9-16(15)19)21-18(22)13-6-5-7-14(20)12-13;/h3-9,12,17H,10-11,20H2,1-2H3,(H,21,22);1H. The van der Waals surface area contributed by atoms with Crippen molar-refractivity contribution in [3.05, 3.63) is 65.2 Å². The first kappa shape index (κ1) is 17.4. The zero-order chi connectivity index (χ0) is 15.7. The zero-order valence-electron chi connectivity index (χ0n) is 13.5. The molecule has 0 aliphatic heterocycles. The maximum Gasteiger partial charge on any atom is 0.251 e. The minimum Gasteiger partial charge on any atom is -0.399 e. The molecule has 0 aromatic heterocycles. The Balaban J connectivity index is 0.00000192. The summed E-state index contributed by atoms with van der Waals surface area (Å²) in [7, 11) is 0. The summed E-state index contributed by atoms with van der Waals surface area (Å²) in [6.45, 7) is 4.53. The molecule has 0 radical (unpaired) electrons. The van der Waals surface area contributed by atoms with Gasteiger partial charge < -0.3 is 11.1 Å². The fourth-order valence-electron chi connectivity index (χ4n) is 3.28. The molecule has 1 unspecified atom stereocenters. The number of nitrogen functional groups attached to an aromatic ring is 1. The lowest BCUT2D eigenvalue weighted by Gasteiger charge is -2.37. The molecule has 4 heteroatoms. The number of benzene rings is 2. The molecule has 1 aliphatic carbocycles. The van der Waals surface area contributed by atoms with Crippen LogP contribution in [0.1, 0.15) is 54.2 Å². The van der Waals surface area contributed by atoms with E-state index in [0.717, 1.165) is 12.8 Å². The number of anilines is 1. The van der Waals surface area contributed by atoms with E-state index in [2.05, 4.69) is 37.4 Å². The van der Waals surface area contributed by atoms with Gasteiger partial charge in [0.15, 0.2) is 0 Å². The van der Waals surface area contributed by atoms with Gasteiger partial charge >= 0.3 is 0 Å². The van der Waals surface area contributed by atoms with E-state index in [1.807, 2.05) is 12.1 Å². The van der Waals surface area contributed by atoms with E-state index in [-0.39, 0.29) is 29.8 Å². The summed E-state index contributed by atoms with van der Waals surface area (Å²) in [5.41, 5.74) is 9.71. The van der Waals surface area contributed by atoms with Crippen LogP contribution in [0.2, 0.25) is 0 Å². The third-order valence-electron chi connectivity index (χ3n) is 4.58. The molecule has 0 saturated heterocycles. The molecule has 0 heterocycles. The summed E-state index contributed by atoms with van der Waals surface area (Å²) < 4.78 is 0. The molecule has 0 spiro atoms. The maximum absolute atomic E-state index is 12.5. The van der Waals surface area contributed by atoms with Crippen LogP contribution in [0.4, 0.5) is 5.69 Å². The highest BCUT2D eigenvalue weighted by atomic mass is 35.5. The summed E-state index contributed by atoms with van der Waals surface area (Å²) in [5, 5.41) is 3.16. The van der Waals surface area contributed by atoms with E-state index < -0.39 is 0 Å². The first-order valence-corrected chi connectivity index (χ1v) is 7.73. The number of halogens is 1. The summed E-state index contributed by atoms with van der Waals surface area (Å²) in [4.78, 5) is 12.5. The van der Waals surface area contributed by atoms with Crippen molar-refractivity contribution in [2.75, 3.05) is 5.73 Å². The Kier molecular flexibility index (Phi) is 5.00. The van der Waals surface area contributed by atoms with Gasteiger partial charge in [0.1, 0.15) is 0 Å². The number of nitrogens with two attached hydrogens (primary N) is 1. The highest BCUT2D eigenvalue weighted by Crippen LogP contribution is 2.41. The van der Waals surface area contributed by atoms with Crippen LogP contribution in [0.3, 0.4) is 0 Å². The van der Waals surface area contributed by atoms with Crippen LogP contribution >= 0.6 is 12.4 Å². The molecule has 3 nitrogen and oxygen atoms in total. The lowest BCUT2D eigenvalue weighted by molar-refractivity contribution is 0.0929. The summed E-state index contributed by atoms with van der Waals surface area (Å²) in [6.07, 6.45) is 2.02. The Morgan fingerprint density at radius 3 is 2.65 bits per heavy atom. The van der Waals surface area contributed by atoms with Crippen LogP contribution in [0.5, 0.6) is 0 Å². The van der Waals surface area contributed by atoms with Crippen LogP contribution in [-0.2, 0) is 5.41 Å². The molecule has 3 N–H and O–H groups in total. The van der Waals surface area contributed by atoms with E-state index >= 15 is 0 Å². The number of hydrogen-bond acceptors (Lipinski definition) is 2. The number of nitrogens with one attached hydrogen (secondary N) is 1. The predicted octanol–water partition coefficient (Wildman–Crippen LogP) is 4.23. The van der Waals surface area contributed by atoms with Crippen LogP contribution in [0, 0.1) is 0 Å². The number of rotatable bonds is 2. The van der Waals surface area contributed by atoms with E-state index in [1.165, 1.54) is 11.1 Å². The highest BCUT2D eigenvalue weighted by molar-refractivity contribution is 5.95. The first-order valence-electron chi connectivity index (χ1n) is 7.73. The Morgan fingerprint density at radius 2 is 1.91 bits per heavy atom. The third-order valence-corrected chi connectivity index (χ3v) is 4.58. The van der Waals surface area contributed by atoms with Gasteiger partial charge in [-0.15, -0.1) is 12.4 Å². The molecule has 0 fully saturated rings. The molecule has 2 aromatic carbocycles. The number of hydrogen-bond donors (Lipinski definition) is 2. The summed E-state index contributed by atoms with van der Waals surface area (Å²) in [6, 6.07) is 15.6. The number of fused-ring (bicyclic) bond motifs is 1. The minimum atomic E-state index is -0.0631. The fourth-order valence-corrected chi connectivity index (χ4v) is 3.28. The normalized spacial score (nSPS) is 18.4. The Bertz CT molecular complexity index is 712. The molecule has 1 amide bonds. The Morgan fingerprint density at radius 1 is 1.17 bits per heavy atom. The predicted molar refractivity (Wildman–Crippen MR) is 97.0 cm³/mol. The van der Waals surface area contributed by atoms with Gasteiger partial charge in [0.2, 0.25) is 0 Å². The quantitative estimate of drug-likeness (QED) is 0.809. The van der Waals surface area contributed by atoms with Crippen molar-refractivity contribution >= 4 is 24.0 Å². The van der Waals surface area contributed by atoms with Gasteiger partial charge in [0, 0.05) is 11.3 Å². The van der Waals surface area contributed by atoms with Gasteiger partial charge in [-0.1, -0.05) is 44.2 Å². The van der Waals surface area contributed by atoms with E-state index in [0.29, 0.717) is 11.3 Å². The van der Waals surface area contributed by atoms with Crippen molar-refractivity contribution in [1.82, 2.24) is 5.32 Å². The number of carbonyl (C=O) groups excluding carboxylic acids is 1. The van der Waals surface area contributed by atoms with E-state index in [9.17, 15) is 4.79 Å². The lowest BCUT2D eigenvalue weighted by atomic mass is 9.71. The smallest absolute Gasteiger partial charge is 0.251 e. The van der Waals surface area contributed by atoms with Crippen LogP contribution in [-0.4, -0.2) is 5.91 Å². The van der Waals surface area contributed by atoms with Gasteiger partial charge in [-0.05, 0) is 47.6 Å². The second kappa shape index (κ2) is 6.63. The van der Waals surface area contributed by atoms with Gasteiger partial charge in [0.05, 0.1) is 6.04 Å². The van der Waals surface area contributed by atoms with Gasteiger partial charge in [-0.2, -0.15) is 0 Å². The van der Waals surface area contributed by atoms with E-state index in [4.69, 9.17) is 5.73 Å². The maximum atomic E-state index is 12.5. The first-order chi connectivity index (χ1) is 10.5. The summed E-state index contributed by atoms with van der Waals surface area (Å²) in [5.74, 6) is -0.0631. The molecule has 1 atom stereocenters. The van der Waals surface area contributed by atoms with Crippen molar-refractivity contribution in [2.45, 2.75) is 38.1 Å². The fraction of sp³-hybridized carbons (Fsp3) is 0.316. The molecule has 3 rings (SSSR count). The molecular weight excluding hydrogens is 308 g/mol. The zero-order valence-corrected chi connectivity index (χ0v) is 14.3. The van der Waals surface area contributed by atoms with Crippen LogP contribution in [0.15, 0.2) is 48.5 Å². The SMILES string of the molecule is CC1(C)CCC(NC(=O)c2cccc(N)c2)c2ccccc21.Cl. The second-order valence-electron chi connectivity index (χ2n) is 6.66. The van der Waals surface area contributed by atoms with Gasteiger partial charge in [-0.25, -0.2) is 0 Å². The molecule has 122 valence electrons. The third kappa shape index (κ3) is 3.50. The molecular formula is C19H23ClN2O. The molecule has 0 saturated carbocycles. The molecule has 23 heavy (non-hydrogen) atoms. The average Bonchev–Trinajstić information content (AvgIpc) is 2.50. The Labute approximate surface area is 143 Å². The topological polar surface area (TPSA) is 55.1 Å². The average molecular weight is 331 g/mol. The molecule has 1 aliphatic rings. The lowest BCUT2D eigenvalue weighted by Crippen LogP contribution is -2.35. The van der Waals surface area contributed by atoms with Crippen LogP contribution < -0.4 is 11.1 Å². The van der Waals surface area contributed by atoms with Crippen LogP contribution in [0.25, 0.3) is 0 Å². The molecule has 2 aromatic rings. The minimum absolute atomic E-state index is 0. The largest absolute Gasteiger partial charge is 0.399 e. The monoisotopic (exact) mass is 330 g/mol. The molecule has 0 bridgehead atoms. The van der Waals surface area contributed by atoms with Crippen molar-refractivity contribution in [2.24, 2.45) is 0 Å². The van der Waals surface area contributed by atoms with Gasteiger partial charge in [0.25, 0.3) is 5.91 Å². The van der Waals surface area contributed by atoms with E-state index in [1.54, 1.807) is 18.2 Å². The second-order valence-corrected chi connectivity index (χ2v) is 6.66. The Hall–Kier alpha value is -2.00. The summed E-state index contributed by atoms with van der Waals surface area (Å²) >= 11 is 0. The number of carbonyl (C=O) groups is 1. The van der Waals surface area contributed by atoms with Crippen molar-refractivity contribution in [3.8, 4) is 0 Å². The number of amides is 1. The van der Waals surface area contributed by atoms with Gasteiger partial charge in [-0.3, -0.25) is 4.79 Å². The van der Waals surface area contributed by atoms with Crippen molar-refractivity contribution in [3.63, 3.8) is 0 Å².